The first-order chi connectivity index (χ1) is 12.2. The molecule has 3 rings (SSSR count). The van der Waals surface area contributed by atoms with Crippen molar-refractivity contribution in [2.45, 2.75) is 19.9 Å². The molecule has 0 aliphatic rings. The lowest BCUT2D eigenvalue weighted by Gasteiger charge is -2.12. The number of rotatable bonds is 7. The van der Waals surface area contributed by atoms with Crippen molar-refractivity contribution < 1.29 is 14.6 Å². The highest BCUT2D eigenvalue weighted by Gasteiger charge is 2.18. The Morgan fingerprint density at radius 1 is 1.12 bits per heavy atom. The predicted octanol–water partition coefficient (Wildman–Crippen LogP) is 4.53. The van der Waals surface area contributed by atoms with E-state index in [9.17, 15) is 10.0 Å². The van der Waals surface area contributed by atoms with Crippen LogP contribution in [0.3, 0.4) is 0 Å². The first-order valence-electron chi connectivity index (χ1n) is 8.07. The van der Waals surface area contributed by atoms with Gasteiger partial charge in [0, 0.05) is 11.9 Å². The van der Waals surface area contributed by atoms with Gasteiger partial charge in [-0.2, -0.15) is 0 Å². The van der Waals surface area contributed by atoms with E-state index in [0.29, 0.717) is 36.5 Å². The highest BCUT2D eigenvalue weighted by atomic mass is 16.5. The Morgan fingerprint density at radius 3 is 2.60 bits per heavy atom. The zero-order valence-corrected chi connectivity index (χ0v) is 14.2. The fourth-order valence-electron chi connectivity index (χ4n) is 3.01. The number of nitrogens with zero attached hydrogens (tertiary/aromatic N) is 2. The molecule has 0 aliphatic heterocycles. The average molecular weight is 340 g/mol. The predicted molar refractivity (Wildman–Crippen MR) is 96.9 cm³/mol. The average Bonchev–Trinajstić information content (AvgIpc) is 2.91. The van der Waals surface area contributed by atoms with Gasteiger partial charge in [0.15, 0.2) is 17.2 Å². The van der Waals surface area contributed by atoms with E-state index in [4.69, 9.17) is 9.47 Å². The first-order valence-corrected chi connectivity index (χ1v) is 8.07. The summed E-state index contributed by atoms with van der Waals surface area (Å²) in [6.07, 6.45) is 0.655. The van der Waals surface area contributed by atoms with Gasteiger partial charge in [0.25, 0.3) is 0 Å². The summed E-state index contributed by atoms with van der Waals surface area (Å²) in [4.78, 5) is 11.1. The molecule has 6 heteroatoms. The smallest absolute Gasteiger partial charge is 0.222 e. The normalized spacial score (nSPS) is 10.8. The van der Waals surface area contributed by atoms with Gasteiger partial charge in [0.2, 0.25) is 5.88 Å². The lowest BCUT2D eigenvalue weighted by Crippen LogP contribution is -2.05. The number of fused-ring (bicyclic) bond motifs is 1. The fourth-order valence-corrected chi connectivity index (χ4v) is 3.01. The second kappa shape index (κ2) is 7.25. The molecule has 0 atom stereocenters. The summed E-state index contributed by atoms with van der Waals surface area (Å²) in [7, 11) is 1.60. The molecule has 2 aromatic carbocycles. The molecular formula is C19H20N2O4. The van der Waals surface area contributed by atoms with Crippen LogP contribution in [0.5, 0.6) is 17.4 Å². The van der Waals surface area contributed by atoms with Crippen LogP contribution in [0.15, 0.2) is 47.6 Å². The molecule has 6 nitrogen and oxygen atoms in total. The van der Waals surface area contributed by atoms with Crippen LogP contribution in [0.2, 0.25) is 0 Å². The van der Waals surface area contributed by atoms with Gasteiger partial charge in [-0.15, -0.1) is 4.91 Å². The Balaban J connectivity index is 1.76. The lowest BCUT2D eigenvalue weighted by molar-refractivity contribution is 0.280. The molecule has 1 N–H and O–H groups in total. The van der Waals surface area contributed by atoms with Crippen LogP contribution in [-0.4, -0.2) is 23.4 Å². The van der Waals surface area contributed by atoms with E-state index >= 15 is 0 Å². The molecule has 0 spiro atoms. The van der Waals surface area contributed by atoms with E-state index in [1.54, 1.807) is 17.7 Å². The zero-order chi connectivity index (χ0) is 17.8. The van der Waals surface area contributed by atoms with Crippen LogP contribution in [0.1, 0.15) is 12.0 Å². The van der Waals surface area contributed by atoms with Crippen molar-refractivity contribution in [3.63, 3.8) is 0 Å². The molecule has 1 heterocycles. The lowest BCUT2D eigenvalue weighted by atomic mass is 10.1. The molecule has 3 aromatic rings. The summed E-state index contributed by atoms with van der Waals surface area (Å²) in [6.45, 7) is 2.91. The molecule has 0 radical (unpaired) electrons. The van der Waals surface area contributed by atoms with E-state index in [0.717, 1.165) is 11.1 Å². The summed E-state index contributed by atoms with van der Waals surface area (Å²) in [5, 5.41) is 14.0. The fraction of sp³-hybridized carbons (Fsp3) is 0.263. The number of aromatic nitrogens is 1. The third kappa shape index (κ3) is 3.15. The first kappa shape index (κ1) is 16.8. The molecule has 0 saturated heterocycles. The Labute approximate surface area is 145 Å². The molecule has 25 heavy (non-hydrogen) atoms. The highest BCUT2D eigenvalue weighted by molar-refractivity contribution is 5.96. The van der Waals surface area contributed by atoms with E-state index in [1.807, 2.05) is 43.3 Å². The summed E-state index contributed by atoms with van der Waals surface area (Å²) < 4.78 is 12.7. The van der Waals surface area contributed by atoms with Crippen molar-refractivity contribution in [2.75, 3.05) is 13.7 Å². The number of para-hydroxylation sites is 3. The summed E-state index contributed by atoms with van der Waals surface area (Å²) in [5.41, 5.74) is 1.89. The minimum atomic E-state index is -0.100. The molecule has 0 amide bonds. The summed E-state index contributed by atoms with van der Waals surface area (Å²) in [5.74, 6) is 1.26. The number of aryl methyl sites for hydroxylation is 2. The molecule has 0 saturated carbocycles. The number of aromatic hydroxyl groups is 1. The standard InChI is InChI=1S/C19H20N2O4/c1-13-7-5-8-14-17(20-23)19(22)21(18(13)14)11-6-12-25-16-10-4-3-9-15(16)24-2/h3-5,7-10,22H,6,11-12H2,1-2H3. The van der Waals surface area contributed by atoms with Crippen LogP contribution in [0.4, 0.5) is 5.69 Å². The number of methoxy groups -OCH3 is 1. The van der Waals surface area contributed by atoms with Crippen molar-refractivity contribution in [1.82, 2.24) is 4.57 Å². The Bertz CT molecular complexity index is 902. The number of hydrogen-bond acceptors (Lipinski definition) is 5. The number of ether oxygens (including phenoxy) is 2. The quantitative estimate of drug-likeness (QED) is 0.506. The second-order valence-corrected chi connectivity index (χ2v) is 5.74. The van der Waals surface area contributed by atoms with Crippen LogP contribution >= 0.6 is 0 Å². The van der Waals surface area contributed by atoms with Crippen molar-refractivity contribution in [2.24, 2.45) is 5.18 Å². The van der Waals surface area contributed by atoms with Crippen molar-refractivity contribution in [3.05, 3.63) is 52.9 Å². The summed E-state index contributed by atoms with van der Waals surface area (Å²) >= 11 is 0. The maximum absolute atomic E-state index is 11.1. The molecule has 0 unspecified atom stereocenters. The monoisotopic (exact) mass is 340 g/mol. The molecule has 0 bridgehead atoms. The zero-order valence-electron chi connectivity index (χ0n) is 14.2. The van der Waals surface area contributed by atoms with Crippen LogP contribution in [-0.2, 0) is 6.54 Å². The SMILES string of the molecule is COc1ccccc1OCCCn1c(O)c(N=O)c2cccc(C)c21. The maximum Gasteiger partial charge on any atom is 0.222 e. The number of nitroso groups, excluding NO2 is 1. The number of benzene rings is 2. The van der Waals surface area contributed by atoms with Gasteiger partial charge in [0.1, 0.15) is 0 Å². The van der Waals surface area contributed by atoms with Crippen LogP contribution in [0, 0.1) is 11.8 Å². The largest absolute Gasteiger partial charge is 0.493 e. The van der Waals surface area contributed by atoms with Gasteiger partial charge in [-0.3, -0.25) is 0 Å². The van der Waals surface area contributed by atoms with E-state index in [-0.39, 0.29) is 11.6 Å². The van der Waals surface area contributed by atoms with Crippen molar-refractivity contribution in [3.8, 4) is 17.4 Å². The number of hydrogen-bond donors (Lipinski definition) is 1. The second-order valence-electron chi connectivity index (χ2n) is 5.74. The third-order valence-corrected chi connectivity index (χ3v) is 4.17. The molecular weight excluding hydrogens is 320 g/mol. The van der Waals surface area contributed by atoms with Gasteiger partial charge in [0.05, 0.1) is 19.2 Å². The molecule has 130 valence electrons. The van der Waals surface area contributed by atoms with Crippen molar-refractivity contribution >= 4 is 16.6 Å². The van der Waals surface area contributed by atoms with E-state index < -0.39 is 0 Å². The summed E-state index contributed by atoms with van der Waals surface area (Å²) in [6, 6.07) is 13.0. The van der Waals surface area contributed by atoms with Crippen LogP contribution < -0.4 is 9.47 Å². The molecule has 1 aromatic heterocycles. The van der Waals surface area contributed by atoms with E-state index in [1.165, 1.54) is 0 Å². The Hall–Kier alpha value is -3.02. The molecule has 0 aliphatic carbocycles. The van der Waals surface area contributed by atoms with E-state index in [2.05, 4.69) is 5.18 Å². The van der Waals surface area contributed by atoms with Gasteiger partial charge in [-0.05, 0) is 36.2 Å². The minimum absolute atomic E-state index is 0.0874. The van der Waals surface area contributed by atoms with Crippen LogP contribution in [0.25, 0.3) is 10.9 Å². The Kier molecular flexibility index (Phi) is 4.88. The minimum Gasteiger partial charge on any atom is -0.493 e. The maximum atomic E-state index is 11.1. The van der Waals surface area contributed by atoms with Gasteiger partial charge in [-0.1, -0.05) is 30.3 Å². The van der Waals surface area contributed by atoms with Gasteiger partial charge < -0.3 is 19.1 Å². The van der Waals surface area contributed by atoms with Gasteiger partial charge in [-0.25, -0.2) is 0 Å². The van der Waals surface area contributed by atoms with Crippen molar-refractivity contribution in [1.29, 1.82) is 0 Å². The third-order valence-electron chi connectivity index (χ3n) is 4.17. The highest BCUT2D eigenvalue weighted by Crippen LogP contribution is 2.39. The Morgan fingerprint density at radius 2 is 1.88 bits per heavy atom. The topological polar surface area (TPSA) is 73.1 Å². The van der Waals surface area contributed by atoms with Gasteiger partial charge >= 0.3 is 0 Å². The molecule has 0 fully saturated rings.